The van der Waals surface area contributed by atoms with E-state index < -0.39 is 35.3 Å². The molecule has 0 spiro atoms. The Labute approximate surface area is 125 Å². The van der Waals surface area contributed by atoms with Crippen LogP contribution in [0.5, 0.6) is 0 Å². The highest BCUT2D eigenvalue weighted by Gasteiger charge is 2.36. The van der Waals surface area contributed by atoms with Crippen LogP contribution in [0.15, 0.2) is 24.3 Å². The minimum atomic E-state index is -4.72. The van der Waals surface area contributed by atoms with Gasteiger partial charge in [0.2, 0.25) is 0 Å². The number of esters is 2. The number of benzene rings is 1. The number of hydrogen-bond donors (Lipinski definition) is 0. The minimum Gasteiger partial charge on any atom is -0.466 e. The number of methoxy groups -OCH3 is 1. The molecule has 0 saturated carbocycles. The Kier molecular flexibility index (Phi) is 5.73. The Hall–Kier alpha value is -2.31. The first-order valence-corrected chi connectivity index (χ1v) is 6.34. The molecule has 0 aliphatic rings. The van der Waals surface area contributed by atoms with Gasteiger partial charge in [0.15, 0.2) is 0 Å². The summed E-state index contributed by atoms with van der Waals surface area (Å²) in [5.41, 5.74) is -1.83. The molecular formula is C15H15F3O4. The first-order valence-electron chi connectivity index (χ1n) is 6.34. The molecule has 0 bridgehead atoms. The predicted octanol–water partition coefficient (Wildman–Crippen LogP) is 3.46. The van der Waals surface area contributed by atoms with Gasteiger partial charge in [-0.3, -0.25) is 0 Å². The number of ether oxygens (including phenoxy) is 2. The number of rotatable bonds is 4. The molecule has 0 aliphatic heterocycles. The van der Waals surface area contributed by atoms with Crippen molar-refractivity contribution in [3.05, 3.63) is 41.0 Å². The molecule has 0 saturated heterocycles. The summed E-state index contributed by atoms with van der Waals surface area (Å²) in [6.45, 7) is 3.05. The Bertz CT molecular complexity index is 589. The number of carbonyl (C=O) groups is 2. The second kappa shape index (κ2) is 7.11. The zero-order valence-electron chi connectivity index (χ0n) is 12.2. The summed E-state index contributed by atoms with van der Waals surface area (Å²) in [5, 5.41) is 0. The lowest BCUT2D eigenvalue weighted by Gasteiger charge is -2.16. The van der Waals surface area contributed by atoms with Gasteiger partial charge in [-0.2, -0.15) is 13.2 Å². The second-order valence-electron chi connectivity index (χ2n) is 4.58. The third-order valence-corrected chi connectivity index (χ3v) is 2.55. The number of halogens is 3. The maximum Gasteiger partial charge on any atom is 0.417 e. The molecule has 1 aromatic rings. The molecule has 0 heterocycles. The van der Waals surface area contributed by atoms with Gasteiger partial charge in [0.25, 0.3) is 0 Å². The van der Waals surface area contributed by atoms with Gasteiger partial charge < -0.3 is 9.47 Å². The zero-order chi connectivity index (χ0) is 16.9. The Morgan fingerprint density at radius 3 is 2.36 bits per heavy atom. The van der Waals surface area contributed by atoms with Gasteiger partial charge in [-0.05, 0) is 31.6 Å². The van der Waals surface area contributed by atoms with Crippen LogP contribution in [0.1, 0.15) is 35.3 Å². The van der Waals surface area contributed by atoms with E-state index in [0.717, 1.165) is 31.4 Å². The van der Waals surface area contributed by atoms with Gasteiger partial charge in [-0.1, -0.05) is 12.1 Å². The summed E-state index contributed by atoms with van der Waals surface area (Å²) in [6, 6.07) is 3.21. The molecule has 120 valence electrons. The van der Waals surface area contributed by atoms with E-state index in [-0.39, 0.29) is 5.56 Å². The van der Waals surface area contributed by atoms with E-state index in [2.05, 4.69) is 4.74 Å². The Morgan fingerprint density at radius 2 is 1.86 bits per heavy atom. The summed E-state index contributed by atoms with van der Waals surface area (Å²) in [5.74, 6) is -1.85. The molecule has 0 aliphatic carbocycles. The van der Waals surface area contributed by atoms with Crippen LogP contribution in [0.3, 0.4) is 0 Å². The Morgan fingerprint density at radius 1 is 1.23 bits per heavy atom. The van der Waals surface area contributed by atoms with Crippen LogP contribution in [0, 0.1) is 0 Å². The van der Waals surface area contributed by atoms with E-state index in [1.807, 2.05) is 0 Å². The SMILES string of the molecule is COC(=O)/C=C\c1cccc(C(F)(F)F)c1C(=O)OC(C)C. The highest BCUT2D eigenvalue weighted by molar-refractivity contribution is 5.97. The van der Waals surface area contributed by atoms with E-state index in [9.17, 15) is 22.8 Å². The van der Waals surface area contributed by atoms with Gasteiger partial charge in [0.1, 0.15) is 0 Å². The van der Waals surface area contributed by atoms with Crippen LogP contribution in [-0.4, -0.2) is 25.2 Å². The normalized spacial score (nSPS) is 11.8. The van der Waals surface area contributed by atoms with Gasteiger partial charge >= 0.3 is 18.1 Å². The largest absolute Gasteiger partial charge is 0.466 e. The Balaban J connectivity index is 3.41. The third-order valence-electron chi connectivity index (χ3n) is 2.55. The van der Waals surface area contributed by atoms with Crippen molar-refractivity contribution >= 4 is 18.0 Å². The first kappa shape index (κ1) is 17.7. The summed E-state index contributed by atoms with van der Waals surface area (Å²) < 4.78 is 48.4. The van der Waals surface area contributed by atoms with Gasteiger partial charge in [0, 0.05) is 6.08 Å². The van der Waals surface area contributed by atoms with Crippen LogP contribution in [0.4, 0.5) is 13.2 Å². The second-order valence-corrected chi connectivity index (χ2v) is 4.58. The standard InChI is InChI=1S/C15H15F3O4/c1-9(2)22-14(20)13-10(7-8-12(19)21-3)5-4-6-11(13)15(16,17)18/h4-9H,1-3H3/b8-7-. The predicted molar refractivity (Wildman–Crippen MR) is 73.0 cm³/mol. The van der Waals surface area contributed by atoms with Crippen LogP contribution in [-0.2, 0) is 20.4 Å². The van der Waals surface area contributed by atoms with Crippen LogP contribution in [0.25, 0.3) is 6.08 Å². The van der Waals surface area contributed by atoms with Gasteiger partial charge in [0.05, 0.1) is 24.3 Å². The average Bonchev–Trinajstić information content (AvgIpc) is 2.42. The van der Waals surface area contributed by atoms with Crippen molar-refractivity contribution in [2.75, 3.05) is 7.11 Å². The van der Waals surface area contributed by atoms with Crippen molar-refractivity contribution in [2.45, 2.75) is 26.1 Å². The van der Waals surface area contributed by atoms with E-state index in [4.69, 9.17) is 4.74 Å². The molecule has 1 aromatic carbocycles. The van der Waals surface area contributed by atoms with Crippen molar-refractivity contribution in [1.82, 2.24) is 0 Å². The zero-order valence-corrected chi connectivity index (χ0v) is 12.2. The monoisotopic (exact) mass is 316 g/mol. The van der Waals surface area contributed by atoms with Gasteiger partial charge in [-0.25, -0.2) is 9.59 Å². The molecule has 7 heteroatoms. The lowest BCUT2D eigenvalue weighted by Crippen LogP contribution is -2.19. The maximum absolute atomic E-state index is 13.1. The molecule has 22 heavy (non-hydrogen) atoms. The molecule has 0 atom stereocenters. The topological polar surface area (TPSA) is 52.6 Å². The van der Waals surface area contributed by atoms with Crippen molar-refractivity contribution in [2.24, 2.45) is 0 Å². The van der Waals surface area contributed by atoms with E-state index in [1.165, 1.54) is 19.9 Å². The van der Waals surface area contributed by atoms with Crippen LogP contribution in [0.2, 0.25) is 0 Å². The molecule has 0 radical (unpaired) electrons. The van der Waals surface area contributed by atoms with Crippen LogP contribution >= 0.6 is 0 Å². The molecular weight excluding hydrogens is 301 g/mol. The molecule has 0 N–H and O–H groups in total. The molecule has 1 rings (SSSR count). The fourth-order valence-corrected chi connectivity index (χ4v) is 1.67. The number of hydrogen-bond acceptors (Lipinski definition) is 4. The van der Waals surface area contributed by atoms with Crippen LogP contribution < -0.4 is 0 Å². The lowest BCUT2D eigenvalue weighted by atomic mass is 10.00. The fourth-order valence-electron chi connectivity index (χ4n) is 1.67. The van der Waals surface area contributed by atoms with E-state index >= 15 is 0 Å². The van der Waals surface area contributed by atoms with Gasteiger partial charge in [-0.15, -0.1) is 0 Å². The van der Waals surface area contributed by atoms with E-state index in [1.54, 1.807) is 0 Å². The summed E-state index contributed by atoms with van der Waals surface area (Å²) in [4.78, 5) is 23.1. The number of alkyl halides is 3. The maximum atomic E-state index is 13.1. The van der Waals surface area contributed by atoms with E-state index in [0.29, 0.717) is 0 Å². The summed E-state index contributed by atoms with van der Waals surface area (Å²) in [6.07, 6.45) is -3.29. The highest BCUT2D eigenvalue weighted by atomic mass is 19.4. The third kappa shape index (κ3) is 4.61. The summed E-state index contributed by atoms with van der Waals surface area (Å²) in [7, 11) is 1.13. The number of carbonyl (C=O) groups excluding carboxylic acids is 2. The average molecular weight is 316 g/mol. The minimum absolute atomic E-state index is 0.0779. The molecule has 0 unspecified atom stereocenters. The smallest absolute Gasteiger partial charge is 0.417 e. The molecule has 0 fully saturated rings. The summed E-state index contributed by atoms with van der Waals surface area (Å²) >= 11 is 0. The van der Waals surface area contributed by atoms with Crippen molar-refractivity contribution in [3.8, 4) is 0 Å². The van der Waals surface area contributed by atoms with Crippen molar-refractivity contribution < 1.29 is 32.2 Å². The van der Waals surface area contributed by atoms with Crippen molar-refractivity contribution in [3.63, 3.8) is 0 Å². The van der Waals surface area contributed by atoms with Crippen molar-refractivity contribution in [1.29, 1.82) is 0 Å². The first-order chi connectivity index (χ1) is 10.2. The highest BCUT2D eigenvalue weighted by Crippen LogP contribution is 2.34. The fraction of sp³-hybridized carbons (Fsp3) is 0.333. The quantitative estimate of drug-likeness (QED) is 0.630. The molecule has 4 nitrogen and oxygen atoms in total. The lowest BCUT2D eigenvalue weighted by molar-refractivity contribution is -0.138. The molecule has 0 aromatic heterocycles. The molecule has 0 amide bonds.